The molecule has 0 spiro atoms. The molecular formula is C31H32N2O7. The second kappa shape index (κ2) is 13.7. The van der Waals surface area contributed by atoms with Crippen LogP contribution >= 0.6 is 0 Å². The molecule has 0 fully saturated rings. The number of carboxylic acid groups (broad SMARTS) is 1. The Morgan fingerprint density at radius 3 is 2.02 bits per heavy atom. The summed E-state index contributed by atoms with van der Waals surface area (Å²) in [5, 5.41) is 14.1. The van der Waals surface area contributed by atoms with Gasteiger partial charge in [-0.3, -0.25) is 9.59 Å². The van der Waals surface area contributed by atoms with Crippen molar-refractivity contribution in [2.75, 3.05) is 26.1 Å². The average Bonchev–Trinajstić information content (AvgIpc) is 3.52. The highest BCUT2D eigenvalue weighted by molar-refractivity contribution is 6.04. The van der Waals surface area contributed by atoms with E-state index in [1.54, 1.807) is 37.4 Å². The van der Waals surface area contributed by atoms with Crippen molar-refractivity contribution in [3.63, 3.8) is 0 Å². The lowest BCUT2D eigenvalue weighted by molar-refractivity contribution is 0.0662. The topological polar surface area (TPSA) is 127 Å². The number of nitrogens with one attached hydrogen (secondary N) is 2. The molecule has 9 nitrogen and oxygen atoms in total. The number of ether oxygens (including phenoxy) is 2. The molecule has 2 amide bonds. The van der Waals surface area contributed by atoms with Crippen molar-refractivity contribution < 1.29 is 33.4 Å². The van der Waals surface area contributed by atoms with Gasteiger partial charge in [0, 0.05) is 28.8 Å². The van der Waals surface area contributed by atoms with Gasteiger partial charge in [0.1, 0.15) is 0 Å². The van der Waals surface area contributed by atoms with Gasteiger partial charge in [-0.1, -0.05) is 44.2 Å². The van der Waals surface area contributed by atoms with E-state index in [0.29, 0.717) is 34.9 Å². The molecule has 0 atom stereocenters. The molecular weight excluding hydrogens is 512 g/mol. The van der Waals surface area contributed by atoms with E-state index in [0.717, 1.165) is 5.56 Å². The highest BCUT2D eigenvalue weighted by Crippen LogP contribution is 2.28. The first-order valence-corrected chi connectivity index (χ1v) is 12.4. The number of carbonyl (C=O) groups is 3. The predicted octanol–water partition coefficient (Wildman–Crippen LogP) is 5.64. The maximum atomic E-state index is 12.6. The quantitative estimate of drug-likeness (QED) is 0.249. The Kier molecular flexibility index (Phi) is 10.1. The summed E-state index contributed by atoms with van der Waals surface area (Å²) in [6.07, 6.45) is 1.32. The van der Waals surface area contributed by atoms with Crippen molar-refractivity contribution >= 4 is 23.5 Å². The fourth-order valence-corrected chi connectivity index (χ4v) is 3.68. The van der Waals surface area contributed by atoms with Gasteiger partial charge in [0.2, 0.25) is 5.76 Å². The van der Waals surface area contributed by atoms with E-state index < -0.39 is 5.97 Å². The molecule has 0 saturated heterocycles. The zero-order valence-electron chi connectivity index (χ0n) is 22.8. The van der Waals surface area contributed by atoms with E-state index >= 15 is 0 Å². The molecule has 1 aromatic heterocycles. The number of hydrogen-bond donors (Lipinski definition) is 3. The number of rotatable bonds is 9. The highest BCUT2D eigenvalue weighted by Gasteiger charge is 2.22. The summed E-state index contributed by atoms with van der Waals surface area (Å²) in [5.41, 5.74) is 2.55. The standard InChI is InChI=1S/C26H28N2O4.C5H4O3/c1-26(2,17-27-24(29)18-8-6-5-7-9-18)20-11-13-21(14-12-20)28-25(30)19-10-15-22(31-3)23(16-19)32-4;6-5(7)4-2-1-3-8-4/h5-16H,17H2,1-4H3,(H,27,29)(H,28,30);1-3H,(H,6,7). The van der Waals surface area contributed by atoms with E-state index in [-0.39, 0.29) is 23.0 Å². The summed E-state index contributed by atoms with van der Waals surface area (Å²) in [4.78, 5) is 34.9. The Balaban J connectivity index is 0.000000472. The molecule has 4 rings (SSSR count). The number of carboxylic acids is 1. The summed E-state index contributed by atoms with van der Waals surface area (Å²) in [7, 11) is 3.08. The van der Waals surface area contributed by atoms with Crippen LogP contribution in [0.15, 0.2) is 95.6 Å². The summed E-state index contributed by atoms with van der Waals surface area (Å²) in [6, 6.07) is 24.7. The largest absolute Gasteiger partial charge is 0.493 e. The third-order valence-corrected chi connectivity index (χ3v) is 6.03. The third-order valence-electron chi connectivity index (χ3n) is 6.03. The number of furan rings is 1. The molecule has 9 heteroatoms. The molecule has 0 aliphatic heterocycles. The van der Waals surface area contributed by atoms with Gasteiger partial charge >= 0.3 is 5.97 Å². The molecule has 4 aromatic rings. The van der Waals surface area contributed by atoms with Crippen LogP contribution in [-0.2, 0) is 5.41 Å². The van der Waals surface area contributed by atoms with Gasteiger partial charge in [0.05, 0.1) is 20.5 Å². The maximum Gasteiger partial charge on any atom is 0.371 e. The normalized spacial score (nSPS) is 10.5. The summed E-state index contributed by atoms with van der Waals surface area (Å²) in [6.45, 7) is 4.61. The first-order chi connectivity index (χ1) is 19.1. The molecule has 1 heterocycles. The molecule has 0 bridgehead atoms. The number of aromatic carboxylic acids is 1. The highest BCUT2D eigenvalue weighted by atomic mass is 16.5. The van der Waals surface area contributed by atoms with Crippen LogP contribution in [0.1, 0.15) is 50.7 Å². The van der Waals surface area contributed by atoms with Crippen LogP contribution in [-0.4, -0.2) is 43.7 Å². The molecule has 208 valence electrons. The Bertz CT molecular complexity index is 1410. The lowest BCUT2D eigenvalue weighted by atomic mass is 9.84. The lowest BCUT2D eigenvalue weighted by Gasteiger charge is -2.26. The van der Waals surface area contributed by atoms with Crippen molar-refractivity contribution in [2.45, 2.75) is 19.3 Å². The van der Waals surface area contributed by atoms with E-state index in [1.807, 2.05) is 42.5 Å². The van der Waals surface area contributed by atoms with Gasteiger partial charge in [-0.05, 0) is 60.2 Å². The van der Waals surface area contributed by atoms with E-state index in [2.05, 4.69) is 28.9 Å². The first kappa shape index (κ1) is 29.5. The van der Waals surface area contributed by atoms with Crippen LogP contribution in [0.4, 0.5) is 5.69 Å². The van der Waals surface area contributed by atoms with Crippen molar-refractivity contribution in [1.82, 2.24) is 5.32 Å². The molecule has 0 saturated carbocycles. The van der Waals surface area contributed by atoms with Crippen LogP contribution in [0.25, 0.3) is 0 Å². The average molecular weight is 545 g/mol. The van der Waals surface area contributed by atoms with Crippen molar-refractivity contribution in [1.29, 1.82) is 0 Å². The molecule has 3 aromatic carbocycles. The van der Waals surface area contributed by atoms with Gasteiger partial charge in [0.15, 0.2) is 11.5 Å². The van der Waals surface area contributed by atoms with Crippen molar-refractivity contribution in [3.05, 3.63) is 114 Å². The first-order valence-electron chi connectivity index (χ1n) is 12.4. The maximum absolute atomic E-state index is 12.6. The van der Waals surface area contributed by atoms with E-state index in [9.17, 15) is 14.4 Å². The van der Waals surface area contributed by atoms with Gasteiger partial charge in [-0.25, -0.2) is 4.79 Å². The minimum Gasteiger partial charge on any atom is -0.493 e. The summed E-state index contributed by atoms with van der Waals surface area (Å²) in [5.74, 6) is -0.338. The van der Waals surface area contributed by atoms with Crippen molar-refractivity contribution in [2.24, 2.45) is 0 Å². The third kappa shape index (κ3) is 7.97. The van der Waals surface area contributed by atoms with Crippen molar-refractivity contribution in [3.8, 4) is 11.5 Å². The number of hydrogen-bond acceptors (Lipinski definition) is 6. The Morgan fingerprint density at radius 2 is 1.48 bits per heavy atom. The number of methoxy groups -OCH3 is 2. The smallest absolute Gasteiger partial charge is 0.371 e. The fourth-order valence-electron chi connectivity index (χ4n) is 3.68. The Morgan fingerprint density at radius 1 is 0.800 bits per heavy atom. The van der Waals surface area contributed by atoms with Crippen LogP contribution < -0.4 is 20.1 Å². The number of carbonyl (C=O) groups excluding carboxylic acids is 2. The van der Waals surface area contributed by atoms with Crippen LogP contribution in [0.3, 0.4) is 0 Å². The second-order valence-corrected chi connectivity index (χ2v) is 9.32. The molecule has 0 unspecified atom stereocenters. The van der Waals surface area contributed by atoms with Crippen LogP contribution in [0.2, 0.25) is 0 Å². The predicted molar refractivity (Wildman–Crippen MR) is 151 cm³/mol. The Labute approximate surface area is 232 Å². The van der Waals surface area contributed by atoms with E-state index in [1.165, 1.54) is 25.5 Å². The molecule has 0 aliphatic rings. The van der Waals surface area contributed by atoms with Crippen LogP contribution in [0, 0.1) is 0 Å². The van der Waals surface area contributed by atoms with E-state index in [4.69, 9.17) is 14.6 Å². The summed E-state index contributed by atoms with van der Waals surface area (Å²) >= 11 is 0. The zero-order valence-corrected chi connectivity index (χ0v) is 22.8. The number of anilines is 1. The van der Waals surface area contributed by atoms with Gasteiger partial charge in [-0.15, -0.1) is 0 Å². The monoisotopic (exact) mass is 544 g/mol. The van der Waals surface area contributed by atoms with Gasteiger partial charge in [-0.2, -0.15) is 0 Å². The molecule has 0 aliphatic carbocycles. The fraction of sp³-hybridized carbons (Fsp3) is 0.194. The minimum atomic E-state index is -1.03. The number of benzene rings is 3. The second-order valence-electron chi connectivity index (χ2n) is 9.32. The Hall–Kier alpha value is -5.05. The number of amides is 2. The van der Waals surface area contributed by atoms with Gasteiger partial charge < -0.3 is 29.6 Å². The zero-order chi connectivity index (χ0) is 29.1. The summed E-state index contributed by atoms with van der Waals surface area (Å²) < 4.78 is 15.0. The molecule has 3 N–H and O–H groups in total. The van der Waals surface area contributed by atoms with Gasteiger partial charge in [0.25, 0.3) is 11.8 Å². The minimum absolute atomic E-state index is 0.0231. The molecule has 0 radical (unpaired) electrons. The van der Waals surface area contributed by atoms with Crippen LogP contribution in [0.5, 0.6) is 11.5 Å². The molecule has 40 heavy (non-hydrogen) atoms. The lowest BCUT2D eigenvalue weighted by Crippen LogP contribution is -2.36. The SMILES string of the molecule is COc1ccc(C(=O)Nc2ccc(C(C)(C)CNC(=O)c3ccccc3)cc2)cc1OC.O=C(O)c1ccco1.